The first-order valence-corrected chi connectivity index (χ1v) is 7.35. The normalized spacial score (nSPS) is 10.3. The summed E-state index contributed by atoms with van der Waals surface area (Å²) in [5.74, 6) is -2.10. The van der Waals surface area contributed by atoms with E-state index in [2.05, 4.69) is 25.8 Å². The fourth-order valence-corrected chi connectivity index (χ4v) is 2.01. The second kappa shape index (κ2) is 7.43. The maximum Gasteiger partial charge on any atom is 0.276 e. The fraction of sp³-hybridized carbons (Fsp3) is 0.0588. The third-order valence-corrected chi connectivity index (χ3v) is 3.30. The summed E-state index contributed by atoms with van der Waals surface area (Å²) in [7, 11) is 0. The molecule has 6 nitrogen and oxygen atoms in total. The van der Waals surface area contributed by atoms with E-state index in [1.165, 1.54) is 12.1 Å². The van der Waals surface area contributed by atoms with Crippen LogP contribution in [0.4, 0.5) is 20.3 Å². The molecule has 0 aliphatic heterocycles. The Morgan fingerprint density at radius 2 is 1.76 bits per heavy atom. The highest BCUT2D eigenvalue weighted by Gasteiger charge is 2.10. The zero-order chi connectivity index (χ0) is 17.6. The van der Waals surface area contributed by atoms with Crippen LogP contribution in [-0.4, -0.2) is 21.1 Å². The van der Waals surface area contributed by atoms with Gasteiger partial charge < -0.3 is 10.6 Å². The second-order valence-corrected chi connectivity index (χ2v) is 5.10. The van der Waals surface area contributed by atoms with E-state index in [-0.39, 0.29) is 11.4 Å². The van der Waals surface area contributed by atoms with Gasteiger partial charge in [-0.25, -0.2) is 8.78 Å². The molecule has 126 valence electrons. The van der Waals surface area contributed by atoms with E-state index < -0.39 is 17.5 Å². The van der Waals surface area contributed by atoms with Crippen molar-refractivity contribution < 1.29 is 13.6 Å². The van der Waals surface area contributed by atoms with Crippen LogP contribution in [0.2, 0.25) is 0 Å². The number of benzene rings is 1. The number of hydrogen-bond acceptors (Lipinski definition) is 5. The largest absolute Gasteiger partial charge is 0.365 e. The molecular formula is C17H13F2N5O. The SMILES string of the molecule is O=C(Nc1ccc(F)c(F)c1)c1ccc(NCc2ccncc2)nn1. The number of pyridine rings is 1. The first-order valence-electron chi connectivity index (χ1n) is 7.35. The van der Waals surface area contributed by atoms with Crippen molar-refractivity contribution in [1.82, 2.24) is 15.2 Å². The number of nitrogens with zero attached hydrogens (tertiary/aromatic N) is 3. The van der Waals surface area contributed by atoms with Gasteiger partial charge in [-0.3, -0.25) is 9.78 Å². The molecule has 0 unspecified atom stereocenters. The summed E-state index contributed by atoms with van der Waals surface area (Å²) >= 11 is 0. The van der Waals surface area contributed by atoms with Gasteiger partial charge in [0, 0.05) is 30.7 Å². The molecule has 3 rings (SSSR count). The van der Waals surface area contributed by atoms with Gasteiger partial charge in [0.25, 0.3) is 5.91 Å². The van der Waals surface area contributed by atoms with Crippen LogP contribution in [0.5, 0.6) is 0 Å². The first-order chi connectivity index (χ1) is 12.1. The lowest BCUT2D eigenvalue weighted by molar-refractivity contribution is 0.102. The van der Waals surface area contributed by atoms with Crippen molar-refractivity contribution in [2.75, 3.05) is 10.6 Å². The number of amides is 1. The number of anilines is 2. The Morgan fingerprint density at radius 1 is 0.960 bits per heavy atom. The standard InChI is InChI=1S/C17H13F2N5O/c18-13-2-1-12(9-14(13)19)22-17(25)15-3-4-16(24-23-15)21-10-11-5-7-20-8-6-11/h1-9H,10H2,(H,21,24)(H,22,25). The van der Waals surface area contributed by atoms with E-state index in [4.69, 9.17) is 0 Å². The fourth-order valence-electron chi connectivity index (χ4n) is 2.01. The first kappa shape index (κ1) is 16.4. The molecular weight excluding hydrogens is 328 g/mol. The smallest absolute Gasteiger partial charge is 0.276 e. The van der Waals surface area contributed by atoms with Crippen LogP contribution < -0.4 is 10.6 Å². The predicted molar refractivity (Wildman–Crippen MR) is 87.9 cm³/mol. The van der Waals surface area contributed by atoms with Crippen molar-refractivity contribution in [2.45, 2.75) is 6.54 Å². The molecule has 0 aliphatic carbocycles. The molecule has 2 aromatic heterocycles. The van der Waals surface area contributed by atoms with Crippen molar-refractivity contribution in [3.8, 4) is 0 Å². The molecule has 0 spiro atoms. The van der Waals surface area contributed by atoms with Crippen molar-refractivity contribution >= 4 is 17.4 Å². The van der Waals surface area contributed by atoms with Crippen molar-refractivity contribution in [2.24, 2.45) is 0 Å². The summed E-state index contributed by atoms with van der Waals surface area (Å²) in [6, 6.07) is 9.90. The van der Waals surface area contributed by atoms with Crippen LogP contribution in [0.3, 0.4) is 0 Å². The predicted octanol–water partition coefficient (Wildman–Crippen LogP) is 3.01. The number of aromatic nitrogens is 3. The second-order valence-electron chi connectivity index (χ2n) is 5.10. The molecule has 2 N–H and O–H groups in total. The van der Waals surface area contributed by atoms with Gasteiger partial charge in [0.2, 0.25) is 0 Å². The molecule has 0 saturated carbocycles. The molecule has 0 saturated heterocycles. The Balaban J connectivity index is 1.61. The summed E-state index contributed by atoms with van der Waals surface area (Å²) in [6.07, 6.45) is 3.38. The van der Waals surface area contributed by atoms with Gasteiger partial charge in [-0.2, -0.15) is 0 Å². The summed E-state index contributed by atoms with van der Waals surface area (Å²) in [5, 5.41) is 13.2. The molecule has 0 radical (unpaired) electrons. The summed E-state index contributed by atoms with van der Waals surface area (Å²) < 4.78 is 26.0. The lowest BCUT2D eigenvalue weighted by Gasteiger charge is -2.07. The van der Waals surface area contributed by atoms with Crippen molar-refractivity contribution in [3.05, 3.63) is 77.8 Å². The van der Waals surface area contributed by atoms with Crippen LogP contribution in [0.15, 0.2) is 54.9 Å². The molecule has 3 aromatic rings. The minimum Gasteiger partial charge on any atom is -0.365 e. The molecule has 2 heterocycles. The maximum atomic E-state index is 13.1. The highest BCUT2D eigenvalue weighted by molar-refractivity contribution is 6.02. The molecule has 1 aromatic carbocycles. The third-order valence-electron chi connectivity index (χ3n) is 3.30. The number of carbonyl (C=O) groups excluding carboxylic acids is 1. The lowest BCUT2D eigenvalue weighted by atomic mass is 10.2. The van der Waals surface area contributed by atoms with E-state index in [9.17, 15) is 13.6 Å². The quantitative estimate of drug-likeness (QED) is 0.746. The Labute approximate surface area is 141 Å². The molecule has 8 heteroatoms. The van der Waals surface area contributed by atoms with Gasteiger partial charge in [0.1, 0.15) is 5.82 Å². The van der Waals surface area contributed by atoms with E-state index in [0.29, 0.717) is 12.4 Å². The maximum absolute atomic E-state index is 13.1. The van der Waals surface area contributed by atoms with Gasteiger partial charge in [-0.15, -0.1) is 10.2 Å². The van der Waals surface area contributed by atoms with E-state index in [1.807, 2.05) is 12.1 Å². The Bertz CT molecular complexity index is 872. The number of carbonyl (C=O) groups is 1. The summed E-state index contributed by atoms with van der Waals surface area (Å²) in [4.78, 5) is 16.0. The molecule has 0 bridgehead atoms. The minimum absolute atomic E-state index is 0.0548. The average molecular weight is 341 g/mol. The highest BCUT2D eigenvalue weighted by Crippen LogP contribution is 2.14. The molecule has 0 atom stereocenters. The van der Waals surface area contributed by atoms with Crippen LogP contribution in [0.1, 0.15) is 16.1 Å². The zero-order valence-electron chi connectivity index (χ0n) is 12.9. The molecule has 1 amide bonds. The van der Waals surface area contributed by atoms with E-state index in [1.54, 1.807) is 18.5 Å². The monoisotopic (exact) mass is 341 g/mol. The van der Waals surface area contributed by atoms with Gasteiger partial charge in [-0.1, -0.05) is 0 Å². The van der Waals surface area contributed by atoms with Gasteiger partial charge >= 0.3 is 0 Å². The summed E-state index contributed by atoms with van der Waals surface area (Å²) in [5.41, 5.74) is 1.21. The summed E-state index contributed by atoms with van der Waals surface area (Å²) in [6.45, 7) is 0.539. The van der Waals surface area contributed by atoms with E-state index in [0.717, 1.165) is 17.7 Å². The highest BCUT2D eigenvalue weighted by atomic mass is 19.2. The lowest BCUT2D eigenvalue weighted by Crippen LogP contribution is -2.15. The van der Waals surface area contributed by atoms with Gasteiger partial charge in [-0.05, 0) is 42.0 Å². The average Bonchev–Trinajstić information content (AvgIpc) is 2.64. The third kappa shape index (κ3) is 4.31. The van der Waals surface area contributed by atoms with E-state index >= 15 is 0 Å². The van der Waals surface area contributed by atoms with Crippen LogP contribution in [0, 0.1) is 11.6 Å². The van der Waals surface area contributed by atoms with Crippen molar-refractivity contribution in [3.63, 3.8) is 0 Å². The number of rotatable bonds is 5. The molecule has 25 heavy (non-hydrogen) atoms. The van der Waals surface area contributed by atoms with Gasteiger partial charge in [0.05, 0.1) is 0 Å². The minimum atomic E-state index is -1.04. The zero-order valence-corrected chi connectivity index (χ0v) is 12.9. The Hall–Kier alpha value is -3.42. The number of halogens is 2. The topological polar surface area (TPSA) is 79.8 Å². The molecule has 0 aliphatic rings. The number of nitrogens with one attached hydrogen (secondary N) is 2. The molecule has 0 fully saturated rings. The van der Waals surface area contributed by atoms with Crippen LogP contribution in [-0.2, 0) is 6.54 Å². The Kier molecular flexibility index (Phi) is 4.89. The van der Waals surface area contributed by atoms with Gasteiger partial charge in [0.15, 0.2) is 17.3 Å². The van der Waals surface area contributed by atoms with Crippen LogP contribution in [0.25, 0.3) is 0 Å². The van der Waals surface area contributed by atoms with Crippen LogP contribution >= 0.6 is 0 Å². The Morgan fingerprint density at radius 3 is 2.44 bits per heavy atom. The number of hydrogen-bond donors (Lipinski definition) is 2. The van der Waals surface area contributed by atoms with Crippen molar-refractivity contribution in [1.29, 1.82) is 0 Å².